The molecule has 3 rings (SSSR count). The van der Waals surface area contributed by atoms with E-state index in [2.05, 4.69) is 15.5 Å². The van der Waals surface area contributed by atoms with E-state index in [1.54, 1.807) is 17.4 Å². The highest BCUT2D eigenvalue weighted by molar-refractivity contribution is 7.15. The summed E-state index contributed by atoms with van der Waals surface area (Å²) in [4.78, 5) is 0. The molecular formula is C12H13N3OS. The summed E-state index contributed by atoms with van der Waals surface area (Å²) in [5.41, 5.74) is 2.49. The van der Waals surface area contributed by atoms with Crippen molar-refractivity contribution in [1.29, 1.82) is 0 Å². The highest BCUT2D eigenvalue weighted by atomic mass is 32.1. The molecule has 1 aromatic heterocycles. The molecule has 1 heterocycles. The number of aryl methyl sites for hydroxylation is 2. The molecule has 1 atom stereocenters. The Kier molecular flexibility index (Phi) is 2.48. The summed E-state index contributed by atoms with van der Waals surface area (Å²) in [6.45, 7) is 1.95. The predicted octanol–water partition coefficient (Wildman–Crippen LogP) is 2.65. The Hall–Kier alpha value is -1.62. The Morgan fingerprint density at radius 3 is 3.06 bits per heavy atom. The molecule has 2 aromatic rings. The van der Waals surface area contributed by atoms with Crippen LogP contribution in [0.4, 0.5) is 5.13 Å². The van der Waals surface area contributed by atoms with Crippen LogP contribution in [-0.2, 0) is 6.42 Å². The standard InChI is InChI=1S/C12H13N3OS/c1-7-14-15-12(17-7)13-11-5-2-8-6-9(16)3-4-10(8)11/h3-4,6,11,16H,2,5H2,1H3,(H,13,15). The Balaban J connectivity index is 1.84. The van der Waals surface area contributed by atoms with Gasteiger partial charge in [-0.2, -0.15) is 0 Å². The van der Waals surface area contributed by atoms with Gasteiger partial charge in [-0.15, -0.1) is 10.2 Å². The highest BCUT2D eigenvalue weighted by Crippen LogP contribution is 2.35. The average molecular weight is 247 g/mol. The van der Waals surface area contributed by atoms with E-state index in [9.17, 15) is 5.11 Å². The molecule has 1 aliphatic rings. The van der Waals surface area contributed by atoms with Crippen molar-refractivity contribution in [3.05, 3.63) is 34.3 Å². The molecule has 0 radical (unpaired) electrons. The van der Waals surface area contributed by atoms with Crippen molar-refractivity contribution < 1.29 is 5.11 Å². The Labute approximate surface area is 103 Å². The van der Waals surface area contributed by atoms with Crippen LogP contribution in [0.5, 0.6) is 5.75 Å². The number of fused-ring (bicyclic) bond motifs is 1. The van der Waals surface area contributed by atoms with Crippen LogP contribution in [-0.4, -0.2) is 15.3 Å². The van der Waals surface area contributed by atoms with Crippen molar-refractivity contribution in [3.8, 4) is 5.75 Å². The number of aromatic hydroxyl groups is 1. The van der Waals surface area contributed by atoms with Crippen molar-refractivity contribution in [2.24, 2.45) is 0 Å². The fraction of sp³-hybridized carbons (Fsp3) is 0.333. The van der Waals surface area contributed by atoms with Gasteiger partial charge >= 0.3 is 0 Å². The van der Waals surface area contributed by atoms with Crippen LogP contribution in [0.2, 0.25) is 0 Å². The Morgan fingerprint density at radius 1 is 1.41 bits per heavy atom. The summed E-state index contributed by atoms with van der Waals surface area (Å²) in [5, 5.41) is 22.7. The van der Waals surface area contributed by atoms with Gasteiger partial charge in [-0.25, -0.2) is 0 Å². The zero-order valence-corrected chi connectivity index (χ0v) is 10.3. The number of hydrogen-bond acceptors (Lipinski definition) is 5. The second-order valence-electron chi connectivity index (χ2n) is 4.24. The maximum atomic E-state index is 9.44. The van der Waals surface area contributed by atoms with Crippen LogP contribution in [0.3, 0.4) is 0 Å². The quantitative estimate of drug-likeness (QED) is 0.856. The van der Waals surface area contributed by atoms with Gasteiger partial charge < -0.3 is 10.4 Å². The Morgan fingerprint density at radius 2 is 2.29 bits per heavy atom. The highest BCUT2D eigenvalue weighted by Gasteiger charge is 2.23. The molecular weight excluding hydrogens is 234 g/mol. The third-order valence-electron chi connectivity index (χ3n) is 3.03. The number of rotatable bonds is 2. The third-order valence-corrected chi connectivity index (χ3v) is 3.80. The molecule has 1 unspecified atom stereocenters. The molecule has 0 amide bonds. The summed E-state index contributed by atoms with van der Waals surface area (Å²) >= 11 is 1.57. The minimum atomic E-state index is 0.290. The molecule has 1 aromatic carbocycles. The lowest BCUT2D eigenvalue weighted by atomic mass is 10.1. The number of anilines is 1. The monoisotopic (exact) mass is 247 g/mol. The van der Waals surface area contributed by atoms with Crippen molar-refractivity contribution in [2.45, 2.75) is 25.8 Å². The van der Waals surface area contributed by atoms with Crippen molar-refractivity contribution in [3.63, 3.8) is 0 Å². The maximum absolute atomic E-state index is 9.44. The molecule has 2 N–H and O–H groups in total. The van der Waals surface area contributed by atoms with E-state index in [4.69, 9.17) is 0 Å². The van der Waals surface area contributed by atoms with Gasteiger partial charge in [0, 0.05) is 0 Å². The molecule has 5 heteroatoms. The van der Waals surface area contributed by atoms with E-state index >= 15 is 0 Å². The van der Waals surface area contributed by atoms with Gasteiger partial charge in [0.2, 0.25) is 5.13 Å². The first-order valence-corrected chi connectivity index (χ1v) is 6.42. The van der Waals surface area contributed by atoms with Crippen LogP contribution >= 0.6 is 11.3 Å². The summed E-state index contributed by atoms with van der Waals surface area (Å²) in [7, 11) is 0. The molecule has 88 valence electrons. The lowest BCUT2D eigenvalue weighted by molar-refractivity contribution is 0.474. The van der Waals surface area contributed by atoms with Gasteiger partial charge in [0.15, 0.2) is 0 Å². The number of nitrogens with zero attached hydrogens (tertiary/aromatic N) is 2. The van der Waals surface area contributed by atoms with E-state index < -0.39 is 0 Å². The molecule has 0 bridgehead atoms. The normalized spacial score (nSPS) is 18.1. The maximum Gasteiger partial charge on any atom is 0.206 e. The zero-order chi connectivity index (χ0) is 11.8. The number of aromatic nitrogens is 2. The van der Waals surface area contributed by atoms with Crippen molar-refractivity contribution >= 4 is 16.5 Å². The van der Waals surface area contributed by atoms with Gasteiger partial charge in [0.1, 0.15) is 10.8 Å². The summed E-state index contributed by atoms with van der Waals surface area (Å²) < 4.78 is 0. The molecule has 1 aliphatic carbocycles. The molecule has 0 fully saturated rings. The summed E-state index contributed by atoms with van der Waals surface area (Å²) in [5.74, 6) is 0.344. The predicted molar refractivity (Wildman–Crippen MR) is 67.4 cm³/mol. The fourth-order valence-corrected chi connectivity index (χ4v) is 2.90. The number of phenols is 1. The van der Waals surface area contributed by atoms with E-state index in [0.29, 0.717) is 5.75 Å². The molecule has 17 heavy (non-hydrogen) atoms. The van der Waals surface area contributed by atoms with E-state index in [0.717, 1.165) is 23.0 Å². The van der Waals surface area contributed by atoms with E-state index in [1.807, 2.05) is 19.1 Å². The topological polar surface area (TPSA) is 58.0 Å². The first kappa shape index (κ1) is 10.5. The molecule has 0 spiro atoms. The Bertz CT molecular complexity index is 552. The van der Waals surface area contributed by atoms with Crippen molar-refractivity contribution in [2.75, 3.05) is 5.32 Å². The molecule has 0 saturated carbocycles. The van der Waals surface area contributed by atoms with Crippen LogP contribution in [0.25, 0.3) is 0 Å². The first-order chi connectivity index (χ1) is 8.22. The smallest absolute Gasteiger partial charge is 0.206 e. The SMILES string of the molecule is Cc1nnc(NC2CCc3cc(O)ccc32)s1. The second-order valence-corrected chi connectivity index (χ2v) is 5.43. The lowest BCUT2D eigenvalue weighted by Crippen LogP contribution is -2.06. The second kappa shape index (κ2) is 4.00. The summed E-state index contributed by atoms with van der Waals surface area (Å²) in [6.07, 6.45) is 2.04. The molecule has 0 saturated heterocycles. The van der Waals surface area contributed by atoms with Crippen LogP contribution in [0.15, 0.2) is 18.2 Å². The van der Waals surface area contributed by atoms with Crippen LogP contribution in [0, 0.1) is 6.92 Å². The van der Waals surface area contributed by atoms with Gasteiger partial charge in [-0.05, 0) is 43.0 Å². The van der Waals surface area contributed by atoms with Crippen LogP contribution in [0.1, 0.15) is 28.6 Å². The lowest BCUT2D eigenvalue weighted by Gasteiger charge is -2.12. The first-order valence-electron chi connectivity index (χ1n) is 5.61. The van der Waals surface area contributed by atoms with Gasteiger partial charge in [-0.3, -0.25) is 0 Å². The third kappa shape index (κ3) is 1.98. The molecule has 0 aliphatic heterocycles. The average Bonchev–Trinajstić information content (AvgIpc) is 2.86. The minimum absolute atomic E-state index is 0.290. The van der Waals surface area contributed by atoms with Gasteiger partial charge in [0.25, 0.3) is 0 Å². The van der Waals surface area contributed by atoms with Crippen LogP contribution < -0.4 is 5.32 Å². The van der Waals surface area contributed by atoms with Gasteiger partial charge in [-0.1, -0.05) is 17.4 Å². The number of hydrogen-bond donors (Lipinski definition) is 2. The van der Waals surface area contributed by atoms with Crippen molar-refractivity contribution in [1.82, 2.24) is 10.2 Å². The fourth-order valence-electron chi connectivity index (χ4n) is 2.26. The largest absolute Gasteiger partial charge is 0.508 e. The van der Waals surface area contributed by atoms with E-state index in [-0.39, 0.29) is 6.04 Å². The molecule has 4 nitrogen and oxygen atoms in total. The van der Waals surface area contributed by atoms with E-state index in [1.165, 1.54) is 11.1 Å². The number of phenolic OH excluding ortho intramolecular Hbond substituents is 1. The zero-order valence-electron chi connectivity index (χ0n) is 9.47. The summed E-state index contributed by atoms with van der Waals surface area (Å²) in [6, 6.07) is 5.87. The number of benzene rings is 1. The van der Waals surface area contributed by atoms with Gasteiger partial charge in [0.05, 0.1) is 6.04 Å². The minimum Gasteiger partial charge on any atom is -0.508 e. The number of nitrogens with one attached hydrogen (secondary N) is 1.